The molecule has 1 aliphatic carbocycles. The quantitative estimate of drug-likeness (QED) is 0.819. The molecule has 0 heterocycles. The number of allylic oxidation sites excluding steroid dienone is 2. The van der Waals surface area contributed by atoms with Gasteiger partial charge in [-0.1, -0.05) is 44.5 Å². The fraction of sp³-hybridized carbons (Fsp3) is 0.412. The summed E-state index contributed by atoms with van der Waals surface area (Å²) in [6.07, 6.45) is 5.59. The van der Waals surface area contributed by atoms with Gasteiger partial charge in [0.15, 0.2) is 0 Å². The second-order valence-corrected chi connectivity index (χ2v) is 6.93. The van der Waals surface area contributed by atoms with Crippen molar-refractivity contribution in [1.29, 1.82) is 0 Å². The lowest BCUT2D eigenvalue weighted by Crippen LogP contribution is -2.27. The van der Waals surface area contributed by atoms with Gasteiger partial charge in [-0.25, -0.2) is 0 Å². The van der Waals surface area contributed by atoms with Crippen LogP contribution in [-0.2, 0) is 9.59 Å². The Hall–Kier alpha value is -1.81. The second kappa shape index (κ2) is 6.53. The molecule has 22 heavy (non-hydrogen) atoms. The minimum absolute atomic E-state index is 0.000884. The lowest BCUT2D eigenvalue weighted by Gasteiger charge is -2.18. The number of nitrogens with one attached hydrogen (secondary N) is 2. The van der Waals surface area contributed by atoms with Gasteiger partial charge >= 0.3 is 0 Å². The molecule has 5 heteroatoms. The third kappa shape index (κ3) is 4.10. The number of carbonyl (C=O) groups excluding carboxylic acids is 2. The summed E-state index contributed by atoms with van der Waals surface area (Å²) in [5.74, 6) is -0.116. The molecule has 0 spiro atoms. The molecule has 2 rings (SSSR count). The molecule has 1 aromatic rings. The molecular weight excluding hydrogens is 300 g/mol. The van der Waals surface area contributed by atoms with Crippen LogP contribution in [0.4, 0.5) is 11.4 Å². The lowest BCUT2D eigenvalue weighted by atomic mass is 9.95. The fourth-order valence-electron chi connectivity index (χ4n) is 2.08. The second-order valence-electron chi connectivity index (χ2n) is 6.53. The molecule has 118 valence electrons. The number of carbonyl (C=O) groups is 2. The molecule has 1 aliphatic rings. The van der Waals surface area contributed by atoms with Crippen molar-refractivity contribution < 1.29 is 9.59 Å². The van der Waals surface area contributed by atoms with Crippen molar-refractivity contribution in [3.8, 4) is 0 Å². The predicted octanol–water partition coefficient (Wildman–Crippen LogP) is 4.23. The molecule has 2 amide bonds. The average Bonchev–Trinajstić information content (AvgIpc) is 2.94. The van der Waals surface area contributed by atoms with Crippen molar-refractivity contribution in [3.05, 3.63) is 35.4 Å². The average molecular weight is 321 g/mol. The molecule has 0 aliphatic heterocycles. The van der Waals surface area contributed by atoms with Crippen molar-refractivity contribution in [2.45, 2.75) is 33.6 Å². The summed E-state index contributed by atoms with van der Waals surface area (Å²) in [6, 6.07) is 5.10. The Morgan fingerprint density at radius 2 is 1.77 bits per heavy atom. The number of benzene rings is 1. The van der Waals surface area contributed by atoms with Gasteiger partial charge in [0.2, 0.25) is 11.8 Å². The predicted molar refractivity (Wildman–Crippen MR) is 90.0 cm³/mol. The van der Waals surface area contributed by atoms with Crippen LogP contribution in [0.3, 0.4) is 0 Å². The number of amides is 2. The van der Waals surface area contributed by atoms with Gasteiger partial charge in [0.25, 0.3) is 0 Å². The summed E-state index contributed by atoms with van der Waals surface area (Å²) in [6.45, 7) is 5.50. The van der Waals surface area contributed by atoms with Crippen LogP contribution < -0.4 is 10.6 Å². The zero-order chi connectivity index (χ0) is 16.3. The van der Waals surface area contributed by atoms with Gasteiger partial charge in [-0.05, 0) is 31.0 Å². The molecule has 1 aromatic carbocycles. The van der Waals surface area contributed by atoms with E-state index >= 15 is 0 Å². The van der Waals surface area contributed by atoms with E-state index in [0.717, 1.165) is 12.8 Å². The minimum Gasteiger partial charge on any atom is -0.326 e. The summed E-state index contributed by atoms with van der Waals surface area (Å²) in [7, 11) is 0. The van der Waals surface area contributed by atoms with E-state index in [4.69, 9.17) is 11.6 Å². The normalized spacial score (nSPS) is 14.9. The molecule has 0 atom stereocenters. The molecule has 0 saturated carbocycles. The summed E-state index contributed by atoms with van der Waals surface area (Å²) >= 11 is 6.19. The minimum atomic E-state index is -0.494. The highest BCUT2D eigenvalue weighted by Crippen LogP contribution is 2.28. The molecule has 0 unspecified atom stereocenters. The Morgan fingerprint density at radius 1 is 1.14 bits per heavy atom. The van der Waals surface area contributed by atoms with E-state index in [1.165, 1.54) is 0 Å². The summed E-state index contributed by atoms with van der Waals surface area (Å²) in [4.78, 5) is 24.0. The van der Waals surface area contributed by atoms with Crippen LogP contribution in [-0.4, -0.2) is 11.8 Å². The van der Waals surface area contributed by atoms with Crippen LogP contribution in [0, 0.1) is 11.3 Å². The van der Waals surface area contributed by atoms with E-state index in [9.17, 15) is 9.59 Å². The maximum atomic E-state index is 12.1. The molecule has 0 fully saturated rings. The molecule has 2 N–H and O–H groups in total. The molecule has 0 bridgehead atoms. The number of hydrogen-bond acceptors (Lipinski definition) is 2. The third-order valence-corrected chi connectivity index (χ3v) is 3.86. The van der Waals surface area contributed by atoms with Crippen LogP contribution in [0.5, 0.6) is 0 Å². The van der Waals surface area contributed by atoms with Crippen LogP contribution in [0.1, 0.15) is 33.6 Å². The number of halogens is 1. The molecule has 4 nitrogen and oxygen atoms in total. The van der Waals surface area contributed by atoms with Crippen LogP contribution >= 0.6 is 11.6 Å². The zero-order valence-corrected chi connectivity index (χ0v) is 13.8. The van der Waals surface area contributed by atoms with Crippen molar-refractivity contribution >= 4 is 34.8 Å². The number of anilines is 2. The van der Waals surface area contributed by atoms with Gasteiger partial charge in [0.05, 0.1) is 10.7 Å². The SMILES string of the molecule is CC(C)(C)C(=O)Nc1ccc(NC(=O)C2CC=CC2)cc1Cl. The molecule has 0 aromatic heterocycles. The van der Waals surface area contributed by atoms with Crippen LogP contribution in [0.25, 0.3) is 0 Å². The Morgan fingerprint density at radius 3 is 2.32 bits per heavy atom. The van der Waals surface area contributed by atoms with Gasteiger partial charge in [-0.2, -0.15) is 0 Å². The van der Waals surface area contributed by atoms with Gasteiger partial charge in [0.1, 0.15) is 0 Å². The van der Waals surface area contributed by atoms with E-state index in [1.54, 1.807) is 18.2 Å². The van der Waals surface area contributed by atoms with Crippen molar-refractivity contribution in [2.75, 3.05) is 10.6 Å². The topological polar surface area (TPSA) is 58.2 Å². The maximum absolute atomic E-state index is 12.1. The van der Waals surface area contributed by atoms with E-state index < -0.39 is 5.41 Å². The van der Waals surface area contributed by atoms with E-state index in [2.05, 4.69) is 10.6 Å². The maximum Gasteiger partial charge on any atom is 0.229 e. The standard InChI is InChI=1S/C17H21ClN2O2/c1-17(2,3)16(22)20-14-9-8-12(10-13(14)18)19-15(21)11-6-4-5-7-11/h4-5,8-11H,6-7H2,1-3H3,(H,19,21)(H,20,22). The van der Waals surface area contributed by atoms with Crippen LogP contribution in [0.15, 0.2) is 30.4 Å². The Kier molecular flexibility index (Phi) is 4.91. The van der Waals surface area contributed by atoms with Gasteiger partial charge in [-0.15, -0.1) is 0 Å². The van der Waals surface area contributed by atoms with Gasteiger partial charge < -0.3 is 10.6 Å². The monoisotopic (exact) mass is 320 g/mol. The van der Waals surface area contributed by atoms with Crippen LogP contribution in [0.2, 0.25) is 5.02 Å². The first-order valence-electron chi connectivity index (χ1n) is 7.34. The van der Waals surface area contributed by atoms with Crippen molar-refractivity contribution in [3.63, 3.8) is 0 Å². The highest BCUT2D eigenvalue weighted by molar-refractivity contribution is 6.34. The number of hydrogen-bond donors (Lipinski definition) is 2. The largest absolute Gasteiger partial charge is 0.326 e. The summed E-state index contributed by atoms with van der Waals surface area (Å²) in [5.41, 5.74) is 0.684. The summed E-state index contributed by atoms with van der Waals surface area (Å²) < 4.78 is 0. The van der Waals surface area contributed by atoms with Crippen molar-refractivity contribution in [2.24, 2.45) is 11.3 Å². The van der Waals surface area contributed by atoms with Gasteiger partial charge in [0, 0.05) is 17.0 Å². The highest BCUT2D eigenvalue weighted by atomic mass is 35.5. The first-order chi connectivity index (χ1) is 10.3. The zero-order valence-electron chi connectivity index (χ0n) is 13.1. The molecule has 0 radical (unpaired) electrons. The Labute approximate surface area is 135 Å². The lowest BCUT2D eigenvalue weighted by molar-refractivity contribution is -0.123. The fourth-order valence-corrected chi connectivity index (χ4v) is 2.31. The Bertz CT molecular complexity index is 610. The van der Waals surface area contributed by atoms with E-state index in [1.807, 2.05) is 32.9 Å². The first kappa shape index (κ1) is 16.6. The Balaban J connectivity index is 2.03. The third-order valence-electron chi connectivity index (χ3n) is 3.54. The smallest absolute Gasteiger partial charge is 0.229 e. The highest BCUT2D eigenvalue weighted by Gasteiger charge is 2.22. The van der Waals surface area contributed by atoms with Crippen molar-refractivity contribution in [1.82, 2.24) is 0 Å². The van der Waals surface area contributed by atoms with E-state index in [-0.39, 0.29) is 17.7 Å². The molecular formula is C17H21ClN2O2. The molecule has 0 saturated heterocycles. The van der Waals surface area contributed by atoms with Gasteiger partial charge in [-0.3, -0.25) is 9.59 Å². The first-order valence-corrected chi connectivity index (χ1v) is 7.72. The van der Waals surface area contributed by atoms with E-state index in [0.29, 0.717) is 16.4 Å². The summed E-state index contributed by atoms with van der Waals surface area (Å²) in [5, 5.41) is 6.05. The number of rotatable bonds is 3.